The van der Waals surface area contributed by atoms with Gasteiger partial charge in [-0.15, -0.1) is 0 Å². The molecule has 1 unspecified atom stereocenters. The van der Waals surface area contributed by atoms with Gasteiger partial charge in [-0.1, -0.05) is 0 Å². The summed E-state index contributed by atoms with van der Waals surface area (Å²) in [6.07, 6.45) is 1.94. The van der Waals surface area contributed by atoms with Crippen LogP contribution in [0.1, 0.15) is 35.5 Å². The third-order valence-corrected chi connectivity index (χ3v) is 5.79. The standard InChI is InChI=1S/C24H28N4O2/c1-15-21-12-20(30-5)10-11-23(21)27-24(15)14-25-16(2)22-13-26-28(17(22)3)18-6-8-19(29-4)9-7-18/h6-13,16,25,27H,14H2,1-5H3. The maximum Gasteiger partial charge on any atom is 0.119 e. The number of aryl methyl sites for hydroxylation is 1. The quantitative estimate of drug-likeness (QED) is 0.463. The molecule has 4 rings (SSSR count). The van der Waals surface area contributed by atoms with Crippen molar-refractivity contribution in [2.75, 3.05) is 14.2 Å². The van der Waals surface area contributed by atoms with Gasteiger partial charge in [0.05, 0.1) is 26.1 Å². The topological polar surface area (TPSA) is 64.1 Å². The maximum atomic E-state index is 5.36. The van der Waals surface area contributed by atoms with Crippen molar-refractivity contribution < 1.29 is 9.47 Å². The monoisotopic (exact) mass is 404 g/mol. The third-order valence-electron chi connectivity index (χ3n) is 5.79. The van der Waals surface area contributed by atoms with Crippen LogP contribution in [-0.2, 0) is 6.54 Å². The Morgan fingerprint density at radius 2 is 1.73 bits per heavy atom. The number of H-pyrrole nitrogens is 1. The smallest absolute Gasteiger partial charge is 0.119 e. The lowest BCUT2D eigenvalue weighted by Gasteiger charge is -2.14. The zero-order valence-electron chi connectivity index (χ0n) is 18.1. The van der Waals surface area contributed by atoms with Crippen LogP contribution in [0, 0.1) is 13.8 Å². The second-order valence-corrected chi connectivity index (χ2v) is 7.54. The molecular weight excluding hydrogens is 376 g/mol. The van der Waals surface area contributed by atoms with Crippen LogP contribution in [0.25, 0.3) is 16.6 Å². The zero-order chi connectivity index (χ0) is 21.3. The number of ether oxygens (including phenoxy) is 2. The molecule has 0 aliphatic rings. The van der Waals surface area contributed by atoms with E-state index >= 15 is 0 Å². The van der Waals surface area contributed by atoms with Crippen molar-refractivity contribution in [1.82, 2.24) is 20.1 Å². The largest absolute Gasteiger partial charge is 0.497 e. The number of nitrogens with one attached hydrogen (secondary N) is 2. The molecule has 1 atom stereocenters. The third kappa shape index (κ3) is 3.66. The second-order valence-electron chi connectivity index (χ2n) is 7.54. The number of hydrogen-bond donors (Lipinski definition) is 2. The fraction of sp³-hybridized carbons (Fsp3) is 0.292. The Kier molecular flexibility index (Phi) is 5.50. The van der Waals surface area contributed by atoms with E-state index in [2.05, 4.69) is 48.3 Å². The predicted octanol–water partition coefficient (Wildman–Crippen LogP) is 4.84. The van der Waals surface area contributed by atoms with Gasteiger partial charge in [0, 0.05) is 40.4 Å². The van der Waals surface area contributed by atoms with E-state index in [9.17, 15) is 0 Å². The molecule has 2 heterocycles. The number of benzene rings is 2. The molecule has 4 aromatic rings. The van der Waals surface area contributed by atoms with Crippen molar-refractivity contribution in [2.24, 2.45) is 0 Å². The van der Waals surface area contributed by atoms with Gasteiger partial charge in [0.15, 0.2) is 0 Å². The minimum atomic E-state index is 0.164. The summed E-state index contributed by atoms with van der Waals surface area (Å²) in [6.45, 7) is 7.17. The molecule has 6 nitrogen and oxygen atoms in total. The van der Waals surface area contributed by atoms with Gasteiger partial charge in [-0.3, -0.25) is 0 Å². The van der Waals surface area contributed by atoms with Crippen molar-refractivity contribution in [1.29, 1.82) is 0 Å². The number of aromatic nitrogens is 3. The molecule has 0 aliphatic heterocycles. The highest BCUT2D eigenvalue weighted by molar-refractivity contribution is 5.85. The first-order valence-corrected chi connectivity index (χ1v) is 10.1. The molecule has 30 heavy (non-hydrogen) atoms. The molecule has 0 radical (unpaired) electrons. The number of fused-ring (bicyclic) bond motifs is 1. The van der Waals surface area contributed by atoms with Crippen LogP contribution in [0.15, 0.2) is 48.7 Å². The number of aromatic amines is 1. The number of hydrogen-bond acceptors (Lipinski definition) is 4. The van der Waals surface area contributed by atoms with Crippen molar-refractivity contribution in [3.8, 4) is 17.2 Å². The number of nitrogens with zero attached hydrogens (tertiary/aromatic N) is 2. The molecule has 2 aromatic heterocycles. The summed E-state index contributed by atoms with van der Waals surface area (Å²) >= 11 is 0. The summed E-state index contributed by atoms with van der Waals surface area (Å²) in [5.74, 6) is 1.71. The van der Waals surface area contributed by atoms with E-state index in [1.165, 1.54) is 22.2 Å². The van der Waals surface area contributed by atoms with Crippen LogP contribution < -0.4 is 14.8 Å². The summed E-state index contributed by atoms with van der Waals surface area (Å²) in [4.78, 5) is 3.53. The highest BCUT2D eigenvalue weighted by Crippen LogP contribution is 2.27. The van der Waals surface area contributed by atoms with Gasteiger partial charge in [0.2, 0.25) is 0 Å². The minimum absolute atomic E-state index is 0.164. The molecule has 2 aromatic carbocycles. The van der Waals surface area contributed by atoms with Crippen molar-refractivity contribution >= 4 is 10.9 Å². The van der Waals surface area contributed by atoms with Crippen molar-refractivity contribution in [3.63, 3.8) is 0 Å². The molecule has 0 spiro atoms. The lowest BCUT2D eigenvalue weighted by atomic mass is 10.1. The van der Waals surface area contributed by atoms with Gasteiger partial charge in [0.1, 0.15) is 11.5 Å². The molecule has 0 saturated heterocycles. The molecule has 0 bridgehead atoms. The number of methoxy groups -OCH3 is 2. The van der Waals surface area contributed by atoms with Crippen molar-refractivity contribution in [3.05, 3.63) is 71.2 Å². The van der Waals surface area contributed by atoms with E-state index in [1.54, 1.807) is 14.2 Å². The fourth-order valence-electron chi connectivity index (χ4n) is 3.86. The molecule has 2 N–H and O–H groups in total. The van der Waals surface area contributed by atoms with Gasteiger partial charge in [-0.2, -0.15) is 5.10 Å². The molecule has 0 fully saturated rings. The van der Waals surface area contributed by atoms with E-state index in [1.807, 2.05) is 41.2 Å². The van der Waals surface area contributed by atoms with Crippen LogP contribution in [0.2, 0.25) is 0 Å². The normalized spacial score (nSPS) is 12.3. The summed E-state index contributed by atoms with van der Waals surface area (Å²) in [5, 5.41) is 9.43. The van der Waals surface area contributed by atoms with Gasteiger partial charge < -0.3 is 19.8 Å². The Bertz CT molecular complexity index is 1160. The fourth-order valence-corrected chi connectivity index (χ4v) is 3.86. The zero-order valence-corrected chi connectivity index (χ0v) is 18.1. The second kappa shape index (κ2) is 8.24. The van der Waals surface area contributed by atoms with Crippen LogP contribution in [0.5, 0.6) is 11.5 Å². The average molecular weight is 405 g/mol. The first-order valence-electron chi connectivity index (χ1n) is 10.1. The van der Waals surface area contributed by atoms with Crippen LogP contribution in [0.4, 0.5) is 0 Å². The molecular formula is C24H28N4O2. The van der Waals surface area contributed by atoms with E-state index in [0.717, 1.165) is 34.9 Å². The van der Waals surface area contributed by atoms with E-state index < -0.39 is 0 Å². The summed E-state index contributed by atoms with van der Waals surface area (Å²) in [6, 6.07) is 14.2. The Hall–Kier alpha value is -3.25. The first kappa shape index (κ1) is 20.0. The Morgan fingerprint density at radius 3 is 2.43 bits per heavy atom. The van der Waals surface area contributed by atoms with Gasteiger partial charge in [-0.25, -0.2) is 4.68 Å². The maximum absolute atomic E-state index is 5.36. The Morgan fingerprint density at radius 1 is 1.03 bits per heavy atom. The lowest BCUT2D eigenvalue weighted by Crippen LogP contribution is -2.19. The highest BCUT2D eigenvalue weighted by atomic mass is 16.5. The molecule has 0 aliphatic carbocycles. The van der Waals surface area contributed by atoms with Crippen LogP contribution >= 0.6 is 0 Å². The first-order chi connectivity index (χ1) is 14.5. The SMILES string of the molecule is COc1ccc(-n2ncc(C(C)NCc3[nH]c4ccc(OC)cc4c3C)c2C)cc1. The summed E-state index contributed by atoms with van der Waals surface area (Å²) < 4.78 is 12.6. The molecule has 0 amide bonds. The summed E-state index contributed by atoms with van der Waals surface area (Å²) in [7, 11) is 3.37. The summed E-state index contributed by atoms with van der Waals surface area (Å²) in [5.41, 5.74) is 6.88. The molecule has 0 saturated carbocycles. The molecule has 156 valence electrons. The Balaban J connectivity index is 1.50. The van der Waals surface area contributed by atoms with Crippen LogP contribution in [0.3, 0.4) is 0 Å². The van der Waals surface area contributed by atoms with Crippen molar-refractivity contribution in [2.45, 2.75) is 33.4 Å². The van der Waals surface area contributed by atoms with Gasteiger partial charge in [0.25, 0.3) is 0 Å². The Labute approximate surface area is 176 Å². The van der Waals surface area contributed by atoms with Crippen LogP contribution in [-0.4, -0.2) is 29.0 Å². The minimum Gasteiger partial charge on any atom is -0.497 e. The van der Waals surface area contributed by atoms with E-state index in [0.29, 0.717) is 0 Å². The number of rotatable bonds is 7. The average Bonchev–Trinajstić information content (AvgIpc) is 3.31. The van der Waals surface area contributed by atoms with E-state index in [4.69, 9.17) is 9.47 Å². The molecule has 6 heteroatoms. The van der Waals surface area contributed by atoms with Gasteiger partial charge >= 0.3 is 0 Å². The highest BCUT2D eigenvalue weighted by Gasteiger charge is 2.16. The van der Waals surface area contributed by atoms with E-state index in [-0.39, 0.29) is 6.04 Å². The predicted molar refractivity (Wildman–Crippen MR) is 120 cm³/mol. The van der Waals surface area contributed by atoms with Gasteiger partial charge in [-0.05, 0) is 68.8 Å². The lowest BCUT2D eigenvalue weighted by molar-refractivity contribution is 0.414.